The molecule has 5 heteroatoms. The highest BCUT2D eigenvalue weighted by Gasteiger charge is 2.41. The predicted octanol–water partition coefficient (Wildman–Crippen LogP) is 3.16. The predicted molar refractivity (Wildman–Crippen MR) is 94.6 cm³/mol. The second-order valence-corrected chi connectivity index (χ2v) is 6.09. The lowest BCUT2D eigenvalue weighted by Gasteiger charge is -2.36. The summed E-state index contributed by atoms with van der Waals surface area (Å²) < 4.78 is 10.2. The maximum Gasteiger partial charge on any atom is 0.337 e. The Kier molecular flexibility index (Phi) is 5.14. The second-order valence-electron chi connectivity index (χ2n) is 6.09. The topological polar surface area (TPSA) is 64.6 Å². The first-order chi connectivity index (χ1) is 12.2. The fourth-order valence-corrected chi connectivity index (χ4v) is 3.22. The van der Waals surface area contributed by atoms with E-state index in [1.54, 1.807) is 24.3 Å². The van der Waals surface area contributed by atoms with Crippen LogP contribution in [0.2, 0.25) is 0 Å². The minimum atomic E-state index is -0.624. The highest BCUT2D eigenvalue weighted by molar-refractivity contribution is 6.00. The van der Waals surface area contributed by atoms with Gasteiger partial charge in [0.1, 0.15) is 0 Å². The number of ether oxygens (including phenoxy) is 2. The Hall–Kier alpha value is -2.66. The average molecular weight is 339 g/mol. The van der Waals surface area contributed by atoms with Gasteiger partial charge in [0.15, 0.2) is 0 Å². The average Bonchev–Trinajstić information content (AvgIpc) is 2.68. The van der Waals surface area contributed by atoms with E-state index in [9.17, 15) is 9.59 Å². The van der Waals surface area contributed by atoms with E-state index in [1.807, 2.05) is 30.3 Å². The molecule has 1 aliphatic rings. The Balaban J connectivity index is 1.88. The summed E-state index contributed by atoms with van der Waals surface area (Å²) in [5.74, 6) is -0.510. The molecule has 1 N–H and O–H groups in total. The smallest absolute Gasteiger partial charge is 0.337 e. The monoisotopic (exact) mass is 339 g/mol. The standard InChI is InChI=1S/C20H21NO4/c1-24-18(22)15-6-5-9-17(14-15)21-19(23)20(10-12-25-13-11-20)16-7-3-2-4-8-16/h2-9,14H,10-13H2,1H3,(H,21,23). The van der Waals surface area contributed by atoms with Crippen molar-refractivity contribution in [3.05, 3.63) is 65.7 Å². The molecule has 1 heterocycles. The van der Waals surface area contributed by atoms with E-state index >= 15 is 0 Å². The van der Waals surface area contributed by atoms with Gasteiger partial charge >= 0.3 is 5.97 Å². The van der Waals surface area contributed by atoms with Gasteiger partial charge in [0.05, 0.1) is 18.1 Å². The van der Waals surface area contributed by atoms with Crippen LogP contribution in [0.1, 0.15) is 28.8 Å². The van der Waals surface area contributed by atoms with Crippen molar-refractivity contribution in [2.75, 3.05) is 25.6 Å². The SMILES string of the molecule is COC(=O)c1cccc(NC(=O)C2(c3ccccc3)CCOCC2)c1. The van der Waals surface area contributed by atoms with Gasteiger partial charge in [-0.3, -0.25) is 4.79 Å². The lowest BCUT2D eigenvalue weighted by Crippen LogP contribution is -2.44. The molecule has 0 unspecified atom stereocenters. The third-order valence-corrected chi connectivity index (χ3v) is 4.65. The Bertz CT molecular complexity index is 751. The lowest BCUT2D eigenvalue weighted by atomic mass is 9.73. The highest BCUT2D eigenvalue weighted by Crippen LogP contribution is 2.36. The Morgan fingerprint density at radius 1 is 1.04 bits per heavy atom. The van der Waals surface area contributed by atoms with E-state index < -0.39 is 11.4 Å². The molecule has 0 radical (unpaired) electrons. The first kappa shape index (κ1) is 17.2. The number of esters is 1. The van der Waals surface area contributed by atoms with E-state index in [1.165, 1.54) is 7.11 Å². The van der Waals surface area contributed by atoms with Gasteiger partial charge in [-0.2, -0.15) is 0 Å². The zero-order chi connectivity index (χ0) is 17.7. The summed E-state index contributed by atoms with van der Waals surface area (Å²) in [6.07, 6.45) is 1.25. The number of carbonyl (C=O) groups is 2. The number of amides is 1. The molecule has 1 aliphatic heterocycles. The fraction of sp³-hybridized carbons (Fsp3) is 0.300. The lowest BCUT2D eigenvalue weighted by molar-refractivity contribution is -0.125. The van der Waals surface area contributed by atoms with Gasteiger partial charge in [-0.25, -0.2) is 4.79 Å². The van der Waals surface area contributed by atoms with Crippen molar-refractivity contribution in [2.24, 2.45) is 0 Å². The number of hydrogen-bond donors (Lipinski definition) is 1. The maximum absolute atomic E-state index is 13.2. The molecular formula is C20H21NO4. The number of anilines is 1. The van der Waals surface area contributed by atoms with Crippen molar-refractivity contribution in [3.8, 4) is 0 Å². The van der Waals surface area contributed by atoms with Gasteiger partial charge in [0.2, 0.25) is 5.91 Å². The number of rotatable bonds is 4. The number of benzene rings is 2. The minimum absolute atomic E-state index is 0.0796. The molecule has 1 saturated heterocycles. The van der Waals surface area contributed by atoms with Crippen LogP contribution in [0.25, 0.3) is 0 Å². The zero-order valence-electron chi connectivity index (χ0n) is 14.2. The summed E-state index contributed by atoms with van der Waals surface area (Å²) in [5, 5.41) is 2.97. The van der Waals surface area contributed by atoms with E-state index in [2.05, 4.69) is 5.32 Å². The molecule has 5 nitrogen and oxygen atoms in total. The number of methoxy groups -OCH3 is 1. The Morgan fingerprint density at radius 2 is 1.76 bits per heavy atom. The van der Waals surface area contributed by atoms with Gasteiger partial charge < -0.3 is 14.8 Å². The van der Waals surface area contributed by atoms with E-state index in [0.717, 1.165) is 5.56 Å². The molecule has 2 aromatic carbocycles. The minimum Gasteiger partial charge on any atom is -0.465 e. The molecule has 3 rings (SSSR count). The fourth-order valence-electron chi connectivity index (χ4n) is 3.22. The number of carbonyl (C=O) groups excluding carboxylic acids is 2. The molecule has 0 aromatic heterocycles. The first-order valence-corrected chi connectivity index (χ1v) is 8.29. The molecule has 0 saturated carbocycles. The summed E-state index contributed by atoms with van der Waals surface area (Å²) in [4.78, 5) is 24.8. The van der Waals surface area contributed by atoms with Crippen LogP contribution in [0.5, 0.6) is 0 Å². The molecule has 0 aliphatic carbocycles. The van der Waals surface area contributed by atoms with Crippen LogP contribution in [0.3, 0.4) is 0 Å². The number of hydrogen-bond acceptors (Lipinski definition) is 4. The van der Waals surface area contributed by atoms with Crippen LogP contribution in [0.15, 0.2) is 54.6 Å². The molecule has 25 heavy (non-hydrogen) atoms. The van der Waals surface area contributed by atoms with Crippen molar-refractivity contribution >= 4 is 17.6 Å². The molecule has 130 valence electrons. The third-order valence-electron chi connectivity index (χ3n) is 4.65. The van der Waals surface area contributed by atoms with Crippen molar-refractivity contribution in [2.45, 2.75) is 18.3 Å². The van der Waals surface area contributed by atoms with Gasteiger partial charge in [-0.05, 0) is 36.6 Å². The van der Waals surface area contributed by atoms with Gasteiger partial charge in [0.25, 0.3) is 0 Å². The molecule has 2 aromatic rings. The van der Waals surface area contributed by atoms with E-state index in [0.29, 0.717) is 37.3 Å². The molecular weight excluding hydrogens is 318 g/mol. The summed E-state index contributed by atoms with van der Waals surface area (Å²) in [7, 11) is 1.33. The number of nitrogens with one attached hydrogen (secondary N) is 1. The van der Waals surface area contributed by atoms with Crippen LogP contribution in [-0.2, 0) is 19.7 Å². The van der Waals surface area contributed by atoms with Gasteiger partial charge in [-0.1, -0.05) is 36.4 Å². The van der Waals surface area contributed by atoms with Gasteiger partial charge in [0, 0.05) is 18.9 Å². The first-order valence-electron chi connectivity index (χ1n) is 8.29. The van der Waals surface area contributed by atoms with Gasteiger partial charge in [-0.15, -0.1) is 0 Å². The third kappa shape index (κ3) is 3.56. The molecule has 1 amide bonds. The van der Waals surface area contributed by atoms with Crippen LogP contribution in [-0.4, -0.2) is 32.2 Å². The van der Waals surface area contributed by atoms with Crippen LogP contribution in [0.4, 0.5) is 5.69 Å². The Morgan fingerprint density at radius 3 is 2.44 bits per heavy atom. The molecule has 0 bridgehead atoms. The van der Waals surface area contributed by atoms with Crippen molar-refractivity contribution in [3.63, 3.8) is 0 Å². The molecule has 0 atom stereocenters. The summed E-state index contributed by atoms with van der Waals surface area (Å²) in [6.45, 7) is 1.09. The normalized spacial score (nSPS) is 16.0. The quantitative estimate of drug-likeness (QED) is 0.869. The van der Waals surface area contributed by atoms with Crippen molar-refractivity contribution in [1.82, 2.24) is 0 Å². The van der Waals surface area contributed by atoms with Crippen LogP contribution >= 0.6 is 0 Å². The Labute approximate surface area is 147 Å². The van der Waals surface area contributed by atoms with Crippen LogP contribution in [0, 0.1) is 0 Å². The summed E-state index contributed by atoms with van der Waals surface area (Å²) >= 11 is 0. The van der Waals surface area contributed by atoms with Crippen molar-refractivity contribution in [1.29, 1.82) is 0 Å². The molecule has 1 fully saturated rings. The summed E-state index contributed by atoms with van der Waals surface area (Å²) in [6, 6.07) is 16.6. The van der Waals surface area contributed by atoms with E-state index in [-0.39, 0.29) is 5.91 Å². The second kappa shape index (κ2) is 7.49. The zero-order valence-corrected chi connectivity index (χ0v) is 14.2. The maximum atomic E-state index is 13.2. The van der Waals surface area contributed by atoms with E-state index in [4.69, 9.17) is 9.47 Å². The van der Waals surface area contributed by atoms with Crippen molar-refractivity contribution < 1.29 is 19.1 Å². The molecule has 0 spiro atoms. The summed E-state index contributed by atoms with van der Waals surface area (Å²) in [5.41, 5.74) is 1.34. The largest absolute Gasteiger partial charge is 0.465 e. The highest BCUT2D eigenvalue weighted by atomic mass is 16.5. The van der Waals surface area contributed by atoms with Crippen LogP contribution < -0.4 is 5.32 Å².